The lowest BCUT2D eigenvalue weighted by Gasteiger charge is -2.16. The molecule has 0 spiro atoms. The van der Waals surface area contributed by atoms with Gasteiger partial charge >= 0.3 is 0 Å². The highest BCUT2D eigenvalue weighted by Gasteiger charge is 2.16. The van der Waals surface area contributed by atoms with Crippen LogP contribution in [0.3, 0.4) is 0 Å². The maximum absolute atomic E-state index is 6.01. The van der Waals surface area contributed by atoms with Gasteiger partial charge in [-0.15, -0.1) is 0 Å². The number of nitrogens with two attached hydrogens (primary N) is 1. The van der Waals surface area contributed by atoms with E-state index in [1.807, 2.05) is 25.5 Å². The maximum atomic E-state index is 6.01. The van der Waals surface area contributed by atoms with Crippen molar-refractivity contribution in [1.82, 2.24) is 9.78 Å². The Morgan fingerprint density at radius 3 is 2.95 bits per heavy atom. The van der Waals surface area contributed by atoms with Gasteiger partial charge in [-0.25, -0.2) is 0 Å². The highest BCUT2D eigenvalue weighted by Crippen LogP contribution is 2.28. The van der Waals surface area contributed by atoms with Crippen molar-refractivity contribution in [3.05, 3.63) is 47.3 Å². The molecule has 0 radical (unpaired) electrons. The van der Waals surface area contributed by atoms with Crippen LogP contribution in [0.5, 0.6) is 5.75 Å². The van der Waals surface area contributed by atoms with Gasteiger partial charge in [0.15, 0.2) is 0 Å². The van der Waals surface area contributed by atoms with E-state index in [1.54, 1.807) is 4.68 Å². The molecule has 1 aromatic heterocycles. The van der Waals surface area contributed by atoms with Gasteiger partial charge < -0.3 is 10.5 Å². The first kappa shape index (κ1) is 12.2. The molecule has 0 aliphatic heterocycles. The molecule has 1 aromatic carbocycles. The Morgan fingerprint density at radius 1 is 1.37 bits per heavy atom. The fourth-order valence-corrected chi connectivity index (χ4v) is 2.64. The normalized spacial score (nSPS) is 15.3. The second-order valence-electron chi connectivity index (χ2n) is 5.07. The molecule has 3 rings (SSSR count). The van der Waals surface area contributed by atoms with Gasteiger partial charge in [-0.3, -0.25) is 4.68 Å². The van der Waals surface area contributed by atoms with Crippen LogP contribution in [0.2, 0.25) is 0 Å². The molecule has 0 bridgehead atoms. The van der Waals surface area contributed by atoms with E-state index < -0.39 is 0 Å². The first-order valence-corrected chi connectivity index (χ1v) is 6.73. The highest BCUT2D eigenvalue weighted by atomic mass is 16.5. The molecular formula is C15H19N3O. The van der Waals surface area contributed by atoms with Gasteiger partial charge in [0.05, 0.1) is 6.20 Å². The van der Waals surface area contributed by atoms with Crippen molar-refractivity contribution in [2.24, 2.45) is 12.8 Å². The molecule has 4 nitrogen and oxygen atoms in total. The van der Waals surface area contributed by atoms with Gasteiger partial charge in [0.2, 0.25) is 0 Å². The molecule has 2 N–H and O–H groups in total. The number of hydrogen-bond donors (Lipinski definition) is 1. The molecule has 1 atom stereocenters. The lowest BCUT2D eigenvalue weighted by molar-refractivity contribution is 0.214. The van der Waals surface area contributed by atoms with E-state index in [0.717, 1.165) is 17.7 Å². The van der Waals surface area contributed by atoms with Gasteiger partial charge in [0.1, 0.15) is 11.9 Å². The topological polar surface area (TPSA) is 53.1 Å². The molecule has 2 aromatic rings. The number of rotatable bonds is 4. The average Bonchev–Trinajstić information content (AvgIpc) is 3.04. The van der Waals surface area contributed by atoms with Crippen molar-refractivity contribution in [1.29, 1.82) is 0 Å². The molecule has 0 saturated carbocycles. The number of aromatic nitrogens is 2. The molecule has 4 heteroatoms. The third-order valence-electron chi connectivity index (χ3n) is 3.66. The summed E-state index contributed by atoms with van der Waals surface area (Å²) in [7, 11) is 1.90. The minimum Gasteiger partial charge on any atom is -0.484 e. The van der Waals surface area contributed by atoms with Crippen molar-refractivity contribution in [2.75, 3.05) is 6.54 Å². The second kappa shape index (κ2) is 5.05. The van der Waals surface area contributed by atoms with E-state index in [4.69, 9.17) is 10.5 Å². The summed E-state index contributed by atoms with van der Waals surface area (Å²) in [6.45, 7) is 0.447. The lowest BCUT2D eigenvalue weighted by Crippen LogP contribution is -2.18. The standard InChI is InChI=1S/C15H19N3O/c1-18-10-13(9-17-18)15(8-16)19-14-6-5-11-3-2-4-12(11)7-14/h5-7,9-10,15H,2-4,8,16H2,1H3. The minimum atomic E-state index is -0.131. The van der Waals surface area contributed by atoms with Crippen LogP contribution in [0.15, 0.2) is 30.6 Å². The number of fused-ring (bicyclic) bond motifs is 1. The van der Waals surface area contributed by atoms with Crippen LogP contribution in [-0.4, -0.2) is 16.3 Å². The van der Waals surface area contributed by atoms with Crippen molar-refractivity contribution in [3.63, 3.8) is 0 Å². The summed E-state index contributed by atoms with van der Waals surface area (Å²) in [5.41, 5.74) is 9.70. The van der Waals surface area contributed by atoms with E-state index in [2.05, 4.69) is 17.2 Å². The Balaban J connectivity index is 1.79. The smallest absolute Gasteiger partial charge is 0.139 e. The Kier molecular flexibility index (Phi) is 3.25. The summed E-state index contributed by atoms with van der Waals surface area (Å²) in [5.74, 6) is 0.903. The fraction of sp³-hybridized carbons (Fsp3) is 0.400. The molecule has 0 saturated heterocycles. The van der Waals surface area contributed by atoms with Gasteiger partial charge in [-0.2, -0.15) is 5.10 Å². The number of hydrogen-bond acceptors (Lipinski definition) is 3. The summed E-state index contributed by atoms with van der Waals surface area (Å²) in [6, 6.07) is 6.37. The number of ether oxygens (including phenoxy) is 1. The van der Waals surface area contributed by atoms with Crippen LogP contribution >= 0.6 is 0 Å². The summed E-state index contributed by atoms with van der Waals surface area (Å²) >= 11 is 0. The second-order valence-corrected chi connectivity index (χ2v) is 5.07. The lowest BCUT2D eigenvalue weighted by atomic mass is 10.1. The third-order valence-corrected chi connectivity index (χ3v) is 3.66. The predicted molar refractivity (Wildman–Crippen MR) is 74.1 cm³/mol. The molecule has 1 heterocycles. The molecule has 19 heavy (non-hydrogen) atoms. The zero-order valence-corrected chi connectivity index (χ0v) is 11.2. The molecule has 1 unspecified atom stereocenters. The molecule has 100 valence electrons. The highest BCUT2D eigenvalue weighted by molar-refractivity contribution is 5.38. The van der Waals surface area contributed by atoms with Gasteiger partial charge in [-0.05, 0) is 42.5 Å². The van der Waals surface area contributed by atoms with E-state index in [1.165, 1.54) is 24.0 Å². The summed E-state index contributed by atoms with van der Waals surface area (Å²) < 4.78 is 7.78. The van der Waals surface area contributed by atoms with Crippen molar-refractivity contribution >= 4 is 0 Å². The number of benzene rings is 1. The van der Waals surface area contributed by atoms with Crippen molar-refractivity contribution in [2.45, 2.75) is 25.4 Å². The quantitative estimate of drug-likeness (QED) is 0.911. The molecule has 1 aliphatic carbocycles. The molecule has 1 aliphatic rings. The zero-order valence-electron chi connectivity index (χ0n) is 11.2. The summed E-state index contributed by atoms with van der Waals surface area (Å²) in [5, 5.41) is 4.17. The van der Waals surface area contributed by atoms with E-state index >= 15 is 0 Å². The summed E-state index contributed by atoms with van der Waals surface area (Å²) in [6.07, 6.45) is 7.23. The van der Waals surface area contributed by atoms with E-state index in [-0.39, 0.29) is 6.10 Å². The van der Waals surface area contributed by atoms with Crippen LogP contribution in [0.4, 0.5) is 0 Å². The van der Waals surface area contributed by atoms with Crippen LogP contribution in [0.25, 0.3) is 0 Å². The first-order chi connectivity index (χ1) is 9.26. The monoisotopic (exact) mass is 257 g/mol. The molecular weight excluding hydrogens is 238 g/mol. The Hall–Kier alpha value is -1.81. The van der Waals surface area contributed by atoms with Crippen molar-refractivity contribution < 1.29 is 4.74 Å². The maximum Gasteiger partial charge on any atom is 0.139 e. The SMILES string of the molecule is Cn1cc(C(CN)Oc2ccc3c(c2)CCC3)cn1. The van der Waals surface area contributed by atoms with E-state index in [9.17, 15) is 0 Å². The molecule has 0 fully saturated rings. The Labute approximate surface area is 113 Å². The van der Waals surface area contributed by atoms with Crippen LogP contribution < -0.4 is 10.5 Å². The Bertz CT molecular complexity index is 577. The van der Waals surface area contributed by atoms with Gasteiger partial charge in [0, 0.05) is 25.4 Å². The predicted octanol–water partition coefficient (Wildman–Crippen LogP) is 1.99. The van der Waals surface area contributed by atoms with Crippen LogP contribution in [0, 0.1) is 0 Å². The first-order valence-electron chi connectivity index (χ1n) is 6.73. The van der Waals surface area contributed by atoms with Gasteiger partial charge in [0.25, 0.3) is 0 Å². The zero-order chi connectivity index (χ0) is 13.2. The fourth-order valence-electron chi connectivity index (χ4n) is 2.64. The number of nitrogens with zero attached hydrogens (tertiary/aromatic N) is 2. The van der Waals surface area contributed by atoms with E-state index in [0.29, 0.717) is 6.54 Å². The Morgan fingerprint density at radius 2 is 2.21 bits per heavy atom. The minimum absolute atomic E-state index is 0.131. The number of aryl methyl sites for hydroxylation is 3. The summed E-state index contributed by atoms with van der Waals surface area (Å²) in [4.78, 5) is 0. The largest absolute Gasteiger partial charge is 0.484 e. The average molecular weight is 257 g/mol. The third kappa shape index (κ3) is 2.49. The van der Waals surface area contributed by atoms with Gasteiger partial charge in [-0.1, -0.05) is 6.07 Å². The van der Waals surface area contributed by atoms with Crippen molar-refractivity contribution in [3.8, 4) is 5.75 Å². The van der Waals surface area contributed by atoms with Crippen LogP contribution in [-0.2, 0) is 19.9 Å². The van der Waals surface area contributed by atoms with Crippen LogP contribution in [0.1, 0.15) is 29.2 Å². The molecule has 0 amide bonds.